The van der Waals surface area contributed by atoms with Gasteiger partial charge < -0.3 is 15.3 Å². The van der Waals surface area contributed by atoms with Gasteiger partial charge in [0, 0.05) is 19.6 Å². The number of hydrogen-bond acceptors (Lipinski definition) is 6. The van der Waals surface area contributed by atoms with Gasteiger partial charge in [0.2, 0.25) is 17.2 Å². The second-order valence-corrected chi connectivity index (χ2v) is 3.81. The maximum Gasteiger partial charge on any atom is 0.231 e. The zero-order valence-electron chi connectivity index (χ0n) is 10.1. The lowest BCUT2D eigenvalue weighted by atomic mass is 10.4. The van der Waals surface area contributed by atoms with Gasteiger partial charge in [-0.25, -0.2) is 0 Å². The minimum Gasteiger partial charge on any atom is -0.395 e. The maximum atomic E-state index is 9.01. The van der Waals surface area contributed by atoms with Gasteiger partial charge in [0.1, 0.15) is 0 Å². The minimum absolute atomic E-state index is 0.0554. The Kier molecular flexibility index (Phi) is 5.93. The van der Waals surface area contributed by atoms with Gasteiger partial charge in [0.25, 0.3) is 0 Å². The van der Waals surface area contributed by atoms with Gasteiger partial charge >= 0.3 is 0 Å². The molecule has 0 atom stereocenters. The van der Waals surface area contributed by atoms with Crippen LogP contribution in [0.4, 0.5) is 11.9 Å². The van der Waals surface area contributed by atoms with Crippen molar-refractivity contribution in [3.05, 3.63) is 5.28 Å². The molecule has 0 saturated heterocycles. The topological polar surface area (TPSA) is 74.2 Å². The van der Waals surface area contributed by atoms with Gasteiger partial charge in [0.05, 0.1) is 6.61 Å². The Balaban J connectivity index is 2.92. The highest BCUT2D eigenvalue weighted by molar-refractivity contribution is 6.28. The minimum atomic E-state index is 0.0554. The van der Waals surface area contributed by atoms with Crippen LogP contribution in [0.5, 0.6) is 0 Å². The lowest BCUT2D eigenvalue weighted by molar-refractivity contribution is 0.301. The Hall–Kier alpha value is -1.14. The quantitative estimate of drug-likeness (QED) is 0.766. The van der Waals surface area contributed by atoms with E-state index in [1.54, 1.807) is 0 Å². The molecule has 0 amide bonds. The van der Waals surface area contributed by atoms with Crippen molar-refractivity contribution in [1.82, 2.24) is 15.0 Å². The van der Waals surface area contributed by atoms with Crippen LogP contribution in [-0.2, 0) is 0 Å². The highest BCUT2D eigenvalue weighted by Crippen LogP contribution is 2.13. The fourth-order valence-electron chi connectivity index (χ4n) is 1.42. The molecule has 1 aromatic rings. The summed E-state index contributed by atoms with van der Waals surface area (Å²) in [6, 6.07) is 0. The standard InChI is InChI=1S/C10H18ClN5O/c1-3-5-16(6-7-17)10-14-8(11)13-9(15-10)12-4-2/h17H,3-7H2,1-2H3,(H,12,13,14,15). The first kappa shape index (κ1) is 13.9. The fourth-order valence-corrected chi connectivity index (χ4v) is 1.58. The summed E-state index contributed by atoms with van der Waals surface area (Å²) in [6.45, 7) is 6.03. The van der Waals surface area contributed by atoms with Gasteiger partial charge in [-0.15, -0.1) is 0 Å². The number of rotatable bonds is 7. The van der Waals surface area contributed by atoms with E-state index in [1.807, 2.05) is 11.8 Å². The third-order valence-electron chi connectivity index (χ3n) is 2.08. The van der Waals surface area contributed by atoms with Crippen LogP contribution in [0.1, 0.15) is 20.3 Å². The molecule has 1 heterocycles. The van der Waals surface area contributed by atoms with Crippen LogP contribution in [0.3, 0.4) is 0 Å². The van der Waals surface area contributed by atoms with Crippen LogP contribution in [0.2, 0.25) is 5.28 Å². The molecule has 0 aliphatic heterocycles. The number of hydrogen-bond donors (Lipinski definition) is 2. The summed E-state index contributed by atoms with van der Waals surface area (Å²) in [6.07, 6.45) is 0.944. The maximum absolute atomic E-state index is 9.01. The Morgan fingerprint density at radius 3 is 2.59 bits per heavy atom. The summed E-state index contributed by atoms with van der Waals surface area (Å²) in [5.74, 6) is 0.957. The smallest absolute Gasteiger partial charge is 0.231 e. The van der Waals surface area contributed by atoms with Crippen molar-refractivity contribution in [2.45, 2.75) is 20.3 Å². The molecule has 1 aromatic heterocycles. The number of anilines is 2. The average Bonchev–Trinajstić information content (AvgIpc) is 2.28. The second kappa shape index (κ2) is 7.24. The SMILES string of the molecule is CCCN(CCO)c1nc(Cl)nc(NCC)n1. The first-order valence-electron chi connectivity index (χ1n) is 5.72. The van der Waals surface area contributed by atoms with Crippen molar-refractivity contribution in [3.63, 3.8) is 0 Å². The van der Waals surface area contributed by atoms with Crippen LogP contribution < -0.4 is 10.2 Å². The predicted molar refractivity (Wildman–Crippen MR) is 68.6 cm³/mol. The van der Waals surface area contributed by atoms with Crippen LogP contribution in [-0.4, -0.2) is 46.3 Å². The molecule has 0 bridgehead atoms. The van der Waals surface area contributed by atoms with Crippen molar-refractivity contribution in [2.24, 2.45) is 0 Å². The molecular weight excluding hydrogens is 242 g/mol. The lowest BCUT2D eigenvalue weighted by Crippen LogP contribution is -2.29. The highest BCUT2D eigenvalue weighted by Gasteiger charge is 2.11. The largest absolute Gasteiger partial charge is 0.395 e. The molecule has 2 N–H and O–H groups in total. The van der Waals surface area contributed by atoms with Crippen molar-refractivity contribution in [2.75, 3.05) is 36.5 Å². The van der Waals surface area contributed by atoms with E-state index in [-0.39, 0.29) is 11.9 Å². The summed E-state index contributed by atoms with van der Waals surface area (Å²) in [4.78, 5) is 14.2. The molecule has 0 spiro atoms. The van der Waals surface area contributed by atoms with Crippen LogP contribution in [0, 0.1) is 0 Å². The van der Waals surface area contributed by atoms with Crippen LogP contribution in [0.25, 0.3) is 0 Å². The molecule has 0 saturated carbocycles. The average molecular weight is 260 g/mol. The van der Waals surface area contributed by atoms with Crippen LogP contribution >= 0.6 is 11.6 Å². The van der Waals surface area contributed by atoms with Gasteiger partial charge in [-0.2, -0.15) is 15.0 Å². The Morgan fingerprint density at radius 1 is 1.24 bits per heavy atom. The first-order valence-corrected chi connectivity index (χ1v) is 6.10. The monoisotopic (exact) mass is 259 g/mol. The molecular formula is C10H18ClN5O. The predicted octanol–water partition coefficient (Wildman–Crippen LogP) is 1.17. The molecule has 0 aliphatic rings. The molecule has 7 heteroatoms. The van der Waals surface area contributed by atoms with Gasteiger partial charge in [-0.3, -0.25) is 0 Å². The number of aromatic nitrogens is 3. The van der Waals surface area contributed by atoms with Crippen molar-refractivity contribution in [1.29, 1.82) is 0 Å². The van der Waals surface area contributed by atoms with E-state index >= 15 is 0 Å². The normalized spacial score (nSPS) is 10.4. The fraction of sp³-hybridized carbons (Fsp3) is 0.700. The summed E-state index contributed by atoms with van der Waals surface area (Å²) < 4.78 is 0. The molecule has 0 unspecified atom stereocenters. The molecule has 1 rings (SSSR count). The second-order valence-electron chi connectivity index (χ2n) is 3.47. The van der Waals surface area contributed by atoms with Gasteiger partial charge in [-0.1, -0.05) is 6.92 Å². The zero-order valence-corrected chi connectivity index (χ0v) is 10.9. The molecule has 96 valence electrons. The van der Waals surface area contributed by atoms with E-state index in [0.29, 0.717) is 25.0 Å². The Labute approximate surface area is 106 Å². The summed E-state index contributed by atoms with van der Waals surface area (Å²) in [5, 5.41) is 12.2. The number of aliphatic hydroxyl groups excluding tert-OH is 1. The lowest BCUT2D eigenvalue weighted by Gasteiger charge is -2.21. The Morgan fingerprint density at radius 2 is 2.00 bits per heavy atom. The van der Waals surface area contributed by atoms with Crippen LogP contribution in [0.15, 0.2) is 0 Å². The molecule has 0 fully saturated rings. The number of halogens is 1. The molecule has 0 radical (unpaired) electrons. The Bertz CT molecular complexity index is 343. The highest BCUT2D eigenvalue weighted by atomic mass is 35.5. The van der Waals surface area contributed by atoms with Gasteiger partial charge in [-0.05, 0) is 24.9 Å². The van der Waals surface area contributed by atoms with E-state index in [0.717, 1.165) is 13.0 Å². The van der Waals surface area contributed by atoms with Crippen molar-refractivity contribution < 1.29 is 5.11 Å². The molecule has 0 aromatic carbocycles. The number of aliphatic hydroxyl groups is 1. The molecule has 0 aliphatic carbocycles. The summed E-state index contributed by atoms with van der Waals surface area (Å²) in [5.41, 5.74) is 0. The van der Waals surface area contributed by atoms with Crippen molar-refractivity contribution in [3.8, 4) is 0 Å². The zero-order chi connectivity index (χ0) is 12.7. The molecule has 6 nitrogen and oxygen atoms in total. The van der Waals surface area contributed by atoms with E-state index in [4.69, 9.17) is 16.7 Å². The summed E-state index contributed by atoms with van der Waals surface area (Å²) >= 11 is 5.84. The third kappa shape index (κ3) is 4.32. The van der Waals surface area contributed by atoms with E-state index in [9.17, 15) is 0 Å². The molecule has 17 heavy (non-hydrogen) atoms. The van der Waals surface area contributed by atoms with Crippen molar-refractivity contribution >= 4 is 23.5 Å². The first-order chi connectivity index (χ1) is 8.21. The number of nitrogens with zero attached hydrogens (tertiary/aromatic N) is 4. The summed E-state index contributed by atoms with van der Waals surface area (Å²) in [7, 11) is 0. The van der Waals surface area contributed by atoms with E-state index in [2.05, 4.69) is 27.2 Å². The van der Waals surface area contributed by atoms with E-state index in [1.165, 1.54) is 0 Å². The third-order valence-corrected chi connectivity index (χ3v) is 2.25. The van der Waals surface area contributed by atoms with E-state index < -0.39 is 0 Å². The van der Waals surface area contributed by atoms with Gasteiger partial charge in [0.15, 0.2) is 0 Å². The number of nitrogens with one attached hydrogen (secondary N) is 1.